The second-order valence-electron chi connectivity index (χ2n) is 5.52. The van der Waals surface area contributed by atoms with Gasteiger partial charge in [-0.2, -0.15) is 0 Å². The molecule has 2 rings (SSSR count). The molecule has 2 aromatic rings. The van der Waals surface area contributed by atoms with Crippen LogP contribution in [0.15, 0.2) is 42.5 Å². The van der Waals surface area contributed by atoms with Crippen LogP contribution in [0.4, 0.5) is 5.69 Å². The minimum Gasteiger partial charge on any atom is -0.493 e. The molecule has 1 amide bonds. The van der Waals surface area contributed by atoms with Crippen molar-refractivity contribution in [1.29, 1.82) is 0 Å². The average Bonchev–Trinajstić information content (AvgIpc) is 2.67. The van der Waals surface area contributed by atoms with E-state index in [1.807, 2.05) is 30.3 Å². The molecule has 8 heteroatoms. The van der Waals surface area contributed by atoms with Crippen LogP contribution in [0.3, 0.4) is 0 Å². The number of carbonyl (C=O) groups is 2. The van der Waals surface area contributed by atoms with Gasteiger partial charge in [0.25, 0.3) is 0 Å². The van der Waals surface area contributed by atoms with Crippen molar-refractivity contribution in [3.63, 3.8) is 0 Å². The van der Waals surface area contributed by atoms with Gasteiger partial charge in [0.2, 0.25) is 5.91 Å². The van der Waals surface area contributed by atoms with Crippen LogP contribution in [0.5, 0.6) is 11.5 Å². The van der Waals surface area contributed by atoms with Gasteiger partial charge in [-0.15, -0.1) is 12.4 Å². The Balaban J connectivity index is 0.00000364. The summed E-state index contributed by atoms with van der Waals surface area (Å²) in [4.78, 5) is 24.2. The number of anilines is 1. The van der Waals surface area contributed by atoms with Crippen molar-refractivity contribution in [2.45, 2.75) is 12.5 Å². The van der Waals surface area contributed by atoms with Gasteiger partial charge in [0, 0.05) is 12.5 Å². The Morgan fingerprint density at radius 2 is 1.74 bits per heavy atom. The summed E-state index contributed by atoms with van der Waals surface area (Å²) >= 11 is 0. The summed E-state index contributed by atoms with van der Waals surface area (Å²) in [5, 5.41) is 2.72. The first-order chi connectivity index (χ1) is 12.5. The Labute approximate surface area is 164 Å². The highest BCUT2D eigenvalue weighted by atomic mass is 35.5. The van der Waals surface area contributed by atoms with E-state index < -0.39 is 12.0 Å². The third-order valence-corrected chi connectivity index (χ3v) is 3.81. The minimum absolute atomic E-state index is 0. The van der Waals surface area contributed by atoms with Crippen LogP contribution in [0.25, 0.3) is 0 Å². The first kappa shape index (κ1) is 22.3. The Kier molecular flexibility index (Phi) is 8.58. The number of amides is 1. The van der Waals surface area contributed by atoms with Crippen molar-refractivity contribution in [3.8, 4) is 11.5 Å². The lowest BCUT2D eigenvalue weighted by atomic mass is 10.0. The SMILES string of the molecule is COC(=O)c1cc(NC(=O)CC(N)c2ccccc2)c(OC)c(OC)c1.Cl. The average molecular weight is 395 g/mol. The number of nitrogens with two attached hydrogens (primary N) is 1. The first-order valence-corrected chi connectivity index (χ1v) is 7.94. The van der Waals surface area contributed by atoms with Gasteiger partial charge in [-0.1, -0.05) is 30.3 Å². The van der Waals surface area contributed by atoms with E-state index in [4.69, 9.17) is 19.9 Å². The van der Waals surface area contributed by atoms with Crippen LogP contribution in [0, 0.1) is 0 Å². The summed E-state index contributed by atoms with van der Waals surface area (Å²) in [5.41, 5.74) is 7.47. The number of ether oxygens (including phenoxy) is 3. The highest BCUT2D eigenvalue weighted by Gasteiger charge is 2.19. The lowest BCUT2D eigenvalue weighted by molar-refractivity contribution is -0.116. The van der Waals surface area contributed by atoms with Gasteiger partial charge in [-0.05, 0) is 17.7 Å². The highest BCUT2D eigenvalue weighted by Crippen LogP contribution is 2.37. The van der Waals surface area contributed by atoms with Crippen LogP contribution in [0.1, 0.15) is 28.4 Å². The number of benzene rings is 2. The molecule has 0 bridgehead atoms. The van der Waals surface area contributed by atoms with Crippen LogP contribution < -0.4 is 20.5 Å². The zero-order chi connectivity index (χ0) is 19.1. The molecule has 27 heavy (non-hydrogen) atoms. The molecule has 0 saturated carbocycles. The molecule has 1 unspecified atom stereocenters. The third-order valence-electron chi connectivity index (χ3n) is 3.81. The zero-order valence-electron chi connectivity index (χ0n) is 15.4. The molecule has 0 aliphatic carbocycles. The fourth-order valence-electron chi connectivity index (χ4n) is 2.51. The molecule has 3 N–H and O–H groups in total. The van der Waals surface area contributed by atoms with Gasteiger partial charge < -0.3 is 25.3 Å². The molecular weight excluding hydrogens is 372 g/mol. The predicted octanol–water partition coefficient (Wildman–Crippen LogP) is 2.94. The summed E-state index contributed by atoms with van der Waals surface area (Å²) in [7, 11) is 4.16. The maximum Gasteiger partial charge on any atom is 0.338 e. The molecule has 0 aromatic heterocycles. The van der Waals surface area contributed by atoms with Gasteiger partial charge in [0.05, 0.1) is 32.6 Å². The summed E-state index contributed by atoms with van der Waals surface area (Å²) in [5.74, 6) is -0.258. The van der Waals surface area contributed by atoms with Crippen LogP contribution in [-0.4, -0.2) is 33.2 Å². The summed E-state index contributed by atoms with van der Waals surface area (Å²) < 4.78 is 15.3. The Bertz CT molecular complexity index is 783. The number of methoxy groups -OCH3 is 3. The van der Waals surface area contributed by atoms with Crippen LogP contribution in [-0.2, 0) is 9.53 Å². The van der Waals surface area contributed by atoms with Gasteiger partial charge in [0.1, 0.15) is 0 Å². The molecule has 2 aromatic carbocycles. The van der Waals surface area contributed by atoms with Crippen LogP contribution in [0.2, 0.25) is 0 Å². The second-order valence-corrected chi connectivity index (χ2v) is 5.52. The fraction of sp³-hybridized carbons (Fsp3) is 0.263. The number of esters is 1. The third kappa shape index (κ3) is 5.60. The van der Waals surface area contributed by atoms with Crippen molar-refractivity contribution in [1.82, 2.24) is 0 Å². The maximum atomic E-state index is 12.4. The van der Waals surface area contributed by atoms with Gasteiger partial charge >= 0.3 is 5.97 Å². The number of hydrogen-bond donors (Lipinski definition) is 2. The number of nitrogens with one attached hydrogen (secondary N) is 1. The van der Waals surface area contributed by atoms with Crippen molar-refractivity contribution in [3.05, 3.63) is 53.6 Å². The van der Waals surface area contributed by atoms with Crippen molar-refractivity contribution in [2.75, 3.05) is 26.6 Å². The van der Waals surface area contributed by atoms with E-state index >= 15 is 0 Å². The molecule has 0 fully saturated rings. The Hall–Kier alpha value is -2.77. The molecule has 146 valence electrons. The lowest BCUT2D eigenvalue weighted by Crippen LogP contribution is -2.21. The monoisotopic (exact) mass is 394 g/mol. The zero-order valence-corrected chi connectivity index (χ0v) is 16.2. The van der Waals surface area contributed by atoms with E-state index in [0.717, 1.165) is 5.56 Å². The largest absolute Gasteiger partial charge is 0.493 e. The lowest BCUT2D eigenvalue weighted by Gasteiger charge is -2.16. The topological polar surface area (TPSA) is 99.9 Å². The number of carbonyl (C=O) groups excluding carboxylic acids is 2. The molecule has 0 heterocycles. The van der Waals surface area contributed by atoms with E-state index in [0.29, 0.717) is 17.2 Å². The van der Waals surface area contributed by atoms with Crippen molar-refractivity contribution in [2.24, 2.45) is 5.73 Å². The quantitative estimate of drug-likeness (QED) is 0.700. The molecule has 0 radical (unpaired) electrons. The molecule has 0 saturated heterocycles. The minimum atomic E-state index is -0.553. The van der Waals surface area contributed by atoms with Gasteiger partial charge in [0.15, 0.2) is 11.5 Å². The first-order valence-electron chi connectivity index (χ1n) is 7.94. The molecular formula is C19H23ClN2O5. The summed E-state index contributed by atoms with van der Waals surface area (Å²) in [6, 6.07) is 11.8. The van der Waals surface area contributed by atoms with Crippen LogP contribution >= 0.6 is 12.4 Å². The predicted molar refractivity (Wildman–Crippen MR) is 105 cm³/mol. The van der Waals surface area contributed by atoms with E-state index in [2.05, 4.69) is 5.32 Å². The van der Waals surface area contributed by atoms with Crippen molar-refractivity contribution < 1.29 is 23.8 Å². The summed E-state index contributed by atoms with van der Waals surface area (Å²) in [6.07, 6.45) is 0.0674. The van der Waals surface area contributed by atoms with E-state index in [9.17, 15) is 9.59 Å². The fourth-order valence-corrected chi connectivity index (χ4v) is 2.51. The standard InChI is InChI=1S/C19H22N2O5.ClH/c1-24-16-10-13(19(23)26-3)9-15(18(16)25-2)21-17(22)11-14(20)12-7-5-4-6-8-12;/h4-10,14H,11,20H2,1-3H3,(H,21,22);1H. The number of hydrogen-bond acceptors (Lipinski definition) is 6. The van der Waals surface area contributed by atoms with Gasteiger partial charge in [-0.25, -0.2) is 4.79 Å². The van der Waals surface area contributed by atoms with E-state index in [-0.39, 0.29) is 30.3 Å². The highest BCUT2D eigenvalue weighted by molar-refractivity contribution is 5.97. The molecule has 0 spiro atoms. The summed E-state index contributed by atoms with van der Waals surface area (Å²) in [6.45, 7) is 0. The molecule has 1 atom stereocenters. The number of rotatable bonds is 7. The molecule has 0 aliphatic heterocycles. The number of halogens is 1. The molecule has 0 aliphatic rings. The van der Waals surface area contributed by atoms with Gasteiger partial charge in [-0.3, -0.25) is 4.79 Å². The van der Waals surface area contributed by atoms with E-state index in [1.165, 1.54) is 33.5 Å². The Morgan fingerprint density at radius 3 is 2.30 bits per heavy atom. The Morgan fingerprint density at radius 1 is 1.07 bits per heavy atom. The molecule has 7 nitrogen and oxygen atoms in total. The van der Waals surface area contributed by atoms with E-state index in [1.54, 1.807) is 0 Å². The second kappa shape index (κ2) is 10.4. The van der Waals surface area contributed by atoms with Crippen molar-refractivity contribution >= 4 is 30.0 Å². The smallest absolute Gasteiger partial charge is 0.338 e. The normalized spacial score (nSPS) is 11.0. The maximum absolute atomic E-state index is 12.4.